The van der Waals surface area contributed by atoms with Gasteiger partial charge in [0.25, 0.3) is 0 Å². The highest BCUT2D eigenvalue weighted by molar-refractivity contribution is 5.82. The van der Waals surface area contributed by atoms with Crippen LogP contribution in [0.3, 0.4) is 0 Å². The van der Waals surface area contributed by atoms with E-state index in [9.17, 15) is 0 Å². The highest BCUT2D eigenvalue weighted by atomic mass is 16.5. The van der Waals surface area contributed by atoms with Gasteiger partial charge in [-0.15, -0.1) is 0 Å². The summed E-state index contributed by atoms with van der Waals surface area (Å²) in [5.41, 5.74) is 3.42. The molecule has 0 radical (unpaired) electrons. The van der Waals surface area contributed by atoms with Gasteiger partial charge in [0.05, 0.1) is 18.5 Å². The van der Waals surface area contributed by atoms with Gasteiger partial charge in [0.2, 0.25) is 0 Å². The second-order valence-electron chi connectivity index (χ2n) is 4.51. The van der Waals surface area contributed by atoms with Gasteiger partial charge >= 0.3 is 0 Å². The lowest BCUT2D eigenvalue weighted by Gasteiger charge is -2.21. The normalized spacial score (nSPS) is 17.4. The molecule has 17 heavy (non-hydrogen) atoms. The van der Waals surface area contributed by atoms with Gasteiger partial charge < -0.3 is 14.6 Å². The van der Waals surface area contributed by atoms with Gasteiger partial charge in [0.1, 0.15) is 5.65 Å². The van der Waals surface area contributed by atoms with Gasteiger partial charge in [-0.3, -0.25) is 0 Å². The number of aromatic nitrogens is 2. The molecule has 0 amide bonds. The molecule has 0 atom stereocenters. The first kappa shape index (κ1) is 10.6. The zero-order chi connectivity index (χ0) is 11.7. The largest absolute Gasteiger partial charge is 0.380 e. The Morgan fingerprint density at radius 2 is 2.29 bits per heavy atom. The molecule has 1 fully saturated rings. The third-order valence-electron chi connectivity index (χ3n) is 3.31. The van der Waals surface area contributed by atoms with Crippen LogP contribution in [0.2, 0.25) is 0 Å². The predicted molar refractivity (Wildman–Crippen MR) is 68.5 cm³/mol. The number of hydrogen-bond donors (Lipinski definition) is 1. The maximum atomic E-state index is 5.47. The summed E-state index contributed by atoms with van der Waals surface area (Å²) < 4.78 is 5.47. The van der Waals surface area contributed by atoms with E-state index in [2.05, 4.69) is 27.9 Å². The van der Waals surface area contributed by atoms with E-state index in [4.69, 9.17) is 4.74 Å². The molecule has 3 heterocycles. The SMILES string of the molecule is Cc1c[nH]c2ncc(N3CCCOCC3)cc12. The molecular weight excluding hydrogens is 214 g/mol. The Kier molecular flexibility index (Phi) is 2.73. The van der Waals surface area contributed by atoms with Crippen LogP contribution in [0.25, 0.3) is 11.0 Å². The molecule has 3 rings (SSSR count). The zero-order valence-corrected chi connectivity index (χ0v) is 10.1. The quantitative estimate of drug-likeness (QED) is 0.817. The lowest BCUT2D eigenvalue weighted by atomic mass is 10.2. The molecule has 2 aromatic rings. The van der Waals surface area contributed by atoms with Crippen LogP contribution in [-0.4, -0.2) is 36.3 Å². The number of fused-ring (bicyclic) bond motifs is 1. The summed E-state index contributed by atoms with van der Waals surface area (Å²) in [6.07, 6.45) is 5.04. The van der Waals surface area contributed by atoms with E-state index in [1.54, 1.807) is 0 Å². The molecule has 1 N–H and O–H groups in total. The van der Waals surface area contributed by atoms with Crippen molar-refractivity contribution in [1.29, 1.82) is 0 Å². The first-order chi connectivity index (χ1) is 8.34. The fraction of sp³-hybridized carbons (Fsp3) is 0.462. The van der Waals surface area contributed by atoms with Crippen molar-refractivity contribution < 1.29 is 4.74 Å². The summed E-state index contributed by atoms with van der Waals surface area (Å²) >= 11 is 0. The van der Waals surface area contributed by atoms with Gasteiger partial charge in [-0.05, 0) is 25.0 Å². The van der Waals surface area contributed by atoms with E-state index in [-0.39, 0.29) is 0 Å². The van der Waals surface area contributed by atoms with Crippen LogP contribution in [-0.2, 0) is 4.74 Å². The van der Waals surface area contributed by atoms with E-state index >= 15 is 0 Å². The van der Waals surface area contributed by atoms with E-state index in [0.717, 1.165) is 38.4 Å². The maximum absolute atomic E-state index is 5.47. The summed E-state index contributed by atoms with van der Waals surface area (Å²) in [5, 5.41) is 1.22. The third-order valence-corrected chi connectivity index (χ3v) is 3.31. The molecule has 0 spiro atoms. The maximum Gasteiger partial charge on any atom is 0.137 e. The summed E-state index contributed by atoms with van der Waals surface area (Å²) in [6, 6.07) is 2.22. The highest BCUT2D eigenvalue weighted by Gasteiger charge is 2.11. The molecule has 4 heteroatoms. The first-order valence-corrected chi connectivity index (χ1v) is 6.11. The van der Waals surface area contributed by atoms with Crippen molar-refractivity contribution in [3.8, 4) is 0 Å². The molecule has 0 bridgehead atoms. The van der Waals surface area contributed by atoms with Crippen LogP contribution in [0.15, 0.2) is 18.5 Å². The minimum Gasteiger partial charge on any atom is -0.380 e. The Balaban J connectivity index is 1.95. The number of rotatable bonds is 1. The number of nitrogens with zero attached hydrogens (tertiary/aromatic N) is 2. The van der Waals surface area contributed by atoms with Crippen molar-refractivity contribution in [2.75, 3.05) is 31.2 Å². The fourth-order valence-electron chi connectivity index (χ4n) is 2.30. The van der Waals surface area contributed by atoms with Gasteiger partial charge in [-0.1, -0.05) is 0 Å². The second kappa shape index (κ2) is 4.37. The van der Waals surface area contributed by atoms with Crippen molar-refractivity contribution in [3.63, 3.8) is 0 Å². The van der Waals surface area contributed by atoms with Gasteiger partial charge in [-0.2, -0.15) is 0 Å². The van der Waals surface area contributed by atoms with Gasteiger partial charge in [-0.25, -0.2) is 4.98 Å². The Hall–Kier alpha value is -1.55. The van der Waals surface area contributed by atoms with Crippen molar-refractivity contribution in [1.82, 2.24) is 9.97 Å². The zero-order valence-electron chi connectivity index (χ0n) is 10.1. The van der Waals surface area contributed by atoms with Crippen molar-refractivity contribution >= 4 is 16.7 Å². The number of anilines is 1. The van der Waals surface area contributed by atoms with E-state index in [1.165, 1.54) is 16.6 Å². The lowest BCUT2D eigenvalue weighted by Crippen LogP contribution is -2.25. The minimum atomic E-state index is 0.810. The summed E-state index contributed by atoms with van der Waals surface area (Å²) in [5.74, 6) is 0. The molecule has 1 aliphatic heterocycles. The average Bonchev–Trinajstić information content (AvgIpc) is 2.58. The fourth-order valence-corrected chi connectivity index (χ4v) is 2.30. The van der Waals surface area contributed by atoms with E-state index in [1.807, 2.05) is 12.4 Å². The number of ether oxygens (including phenoxy) is 1. The number of aromatic amines is 1. The molecule has 1 saturated heterocycles. The number of nitrogens with one attached hydrogen (secondary N) is 1. The van der Waals surface area contributed by atoms with E-state index < -0.39 is 0 Å². The van der Waals surface area contributed by atoms with Gasteiger partial charge in [0, 0.05) is 31.3 Å². The summed E-state index contributed by atoms with van der Waals surface area (Å²) in [4.78, 5) is 10.00. The van der Waals surface area contributed by atoms with Crippen molar-refractivity contribution in [2.45, 2.75) is 13.3 Å². The first-order valence-electron chi connectivity index (χ1n) is 6.11. The smallest absolute Gasteiger partial charge is 0.137 e. The van der Waals surface area contributed by atoms with Crippen LogP contribution in [0.4, 0.5) is 5.69 Å². The molecule has 4 nitrogen and oxygen atoms in total. The minimum absolute atomic E-state index is 0.810. The van der Waals surface area contributed by atoms with E-state index in [0.29, 0.717) is 0 Å². The van der Waals surface area contributed by atoms with Crippen LogP contribution in [0.5, 0.6) is 0 Å². The standard InChI is InChI=1S/C13H17N3O/c1-10-8-14-13-12(10)7-11(9-15-13)16-3-2-5-17-6-4-16/h7-9H,2-6H2,1H3,(H,14,15). The highest BCUT2D eigenvalue weighted by Crippen LogP contribution is 2.22. The topological polar surface area (TPSA) is 41.2 Å². The molecule has 90 valence electrons. The number of hydrogen-bond acceptors (Lipinski definition) is 3. The van der Waals surface area contributed by atoms with Gasteiger partial charge in [0.15, 0.2) is 0 Å². The molecule has 0 saturated carbocycles. The lowest BCUT2D eigenvalue weighted by molar-refractivity contribution is 0.152. The molecule has 1 aliphatic rings. The average molecular weight is 231 g/mol. The second-order valence-corrected chi connectivity index (χ2v) is 4.51. The molecular formula is C13H17N3O. The molecule has 0 aliphatic carbocycles. The summed E-state index contributed by atoms with van der Waals surface area (Å²) in [7, 11) is 0. The molecule has 0 unspecified atom stereocenters. The molecule has 0 aromatic carbocycles. The third kappa shape index (κ3) is 2.00. The van der Waals surface area contributed by atoms with Crippen molar-refractivity contribution in [3.05, 3.63) is 24.0 Å². The van der Waals surface area contributed by atoms with Crippen molar-refractivity contribution in [2.24, 2.45) is 0 Å². The number of H-pyrrole nitrogens is 1. The monoisotopic (exact) mass is 231 g/mol. The Morgan fingerprint density at radius 1 is 1.35 bits per heavy atom. The van der Waals surface area contributed by atoms with Crippen LogP contribution in [0.1, 0.15) is 12.0 Å². The number of aryl methyl sites for hydroxylation is 1. The Bertz CT molecular complexity index is 512. The van der Waals surface area contributed by atoms with Crippen LogP contribution < -0.4 is 4.90 Å². The van der Waals surface area contributed by atoms with Crippen LogP contribution in [0, 0.1) is 6.92 Å². The number of pyridine rings is 1. The Labute approximate surface area is 101 Å². The Morgan fingerprint density at radius 3 is 3.24 bits per heavy atom. The summed E-state index contributed by atoms with van der Waals surface area (Å²) in [6.45, 7) is 5.79. The van der Waals surface area contributed by atoms with Crippen LogP contribution >= 0.6 is 0 Å². The molecule has 2 aromatic heterocycles. The predicted octanol–water partition coefficient (Wildman–Crippen LogP) is 2.10.